The van der Waals surface area contributed by atoms with Gasteiger partial charge in [-0.25, -0.2) is 15.0 Å². The van der Waals surface area contributed by atoms with Gasteiger partial charge in [0.05, 0.1) is 11.2 Å². The van der Waals surface area contributed by atoms with Crippen molar-refractivity contribution in [2.45, 2.75) is 25.7 Å². The van der Waals surface area contributed by atoms with Gasteiger partial charge in [-0.05, 0) is 31.4 Å². The molecule has 2 amide bonds. The van der Waals surface area contributed by atoms with E-state index in [1.54, 1.807) is 24.4 Å². The fourth-order valence-electron chi connectivity index (χ4n) is 2.78. The molecule has 0 aliphatic carbocycles. The Morgan fingerprint density at radius 3 is 2.70 bits per heavy atom. The number of anilines is 2. The van der Waals surface area contributed by atoms with Crippen LogP contribution in [0.2, 0.25) is 5.02 Å². The van der Waals surface area contributed by atoms with Gasteiger partial charge in [0, 0.05) is 32.3 Å². The highest BCUT2D eigenvalue weighted by molar-refractivity contribution is 6.33. The van der Waals surface area contributed by atoms with Crippen molar-refractivity contribution >= 4 is 35.2 Å². The topological polar surface area (TPSA) is 100 Å². The standard InChI is InChI=1S/C18H21ClN6O2/c19-13-12-22-18(25-10-4-1-5-11-25)24-16(13)17(27)21-9-7-15(26)23-14-6-2-3-8-20-14/h2-3,6,8,12H,1,4-5,7,9-11H2,(H,21,27)(H,20,23,26). The van der Waals surface area contributed by atoms with Crippen LogP contribution in [0.15, 0.2) is 30.6 Å². The Bertz CT molecular complexity index is 796. The van der Waals surface area contributed by atoms with Gasteiger partial charge in [0.25, 0.3) is 5.91 Å². The predicted octanol–water partition coefficient (Wildman–Crippen LogP) is 2.27. The summed E-state index contributed by atoms with van der Waals surface area (Å²) in [5.41, 5.74) is 0.123. The molecule has 1 fully saturated rings. The molecule has 2 aromatic heterocycles. The number of carbonyl (C=O) groups excluding carboxylic acids is 2. The molecule has 3 heterocycles. The van der Waals surface area contributed by atoms with Crippen LogP contribution in [0, 0.1) is 0 Å². The molecule has 1 aliphatic heterocycles. The first-order chi connectivity index (χ1) is 13.1. The summed E-state index contributed by atoms with van der Waals surface area (Å²) in [5.74, 6) is 0.319. The highest BCUT2D eigenvalue weighted by atomic mass is 35.5. The van der Waals surface area contributed by atoms with E-state index in [0.717, 1.165) is 25.9 Å². The van der Waals surface area contributed by atoms with E-state index in [9.17, 15) is 9.59 Å². The molecular formula is C18H21ClN6O2. The molecule has 1 aliphatic rings. The molecule has 0 saturated carbocycles. The molecule has 9 heteroatoms. The van der Waals surface area contributed by atoms with Crippen molar-refractivity contribution in [1.29, 1.82) is 0 Å². The molecule has 0 unspecified atom stereocenters. The summed E-state index contributed by atoms with van der Waals surface area (Å²) in [5, 5.41) is 5.52. The number of amides is 2. The number of aromatic nitrogens is 3. The molecule has 0 spiro atoms. The zero-order valence-corrected chi connectivity index (χ0v) is 15.6. The SMILES string of the molecule is O=C(CCNC(=O)c1nc(N2CCCCC2)ncc1Cl)Nc1ccccn1. The van der Waals surface area contributed by atoms with Crippen LogP contribution < -0.4 is 15.5 Å². The summed E-state index contributed by atoms with van der Waals surface area (Å²) in [4.78, 5) is 38.9. The first-order valence-electron chi connectivity index (χ1n) is 8.90. The summed E-state index contributed by atoms with van der Waals surface area (Å²) in [6.07, 6.45) is 6.51. The van der Waals surface area contributed by atoms with Gasteiger partial charge in [0.15, 0.2) is 5.69 Å². The smallest absolute Gasteiger partial charge is 0.271 e. The van der Waals surface area contributed by atoms with Gasteiger partial charge in [0.2, 0.25) is 11.9 Å². The third kappa shape index (κ3) is 5.37. The lowest BCUT2D eigenvalue weighted by Gasteiger charge is -2.26. The zero-order chi connectivity index (χ0) is 19.1. The molecule has 0 bridgehead atoms. The first kappa shape index (κ1) is 19.0. The summed E-state index contributed by atoms with van der Waals surface area (Å²) >= 11 is 6.09. The van der Waals surface area contributed by atoms with Crippen LogP contribution in [-0.4, -0.2) is 46.4 Å². The lowest BCUT2D eigenvalue weighted by Crippen LogP contribution is -2.33. The number of carbonyl (C=O) groups is 2. The highest BCUT2D eigenvalue weighted by Crippen LogP contribution is 2.19. The Kier molecular flexibility index (Phi) is 6.54. The van der Waals surface area contributed by atoms with Gasteiger partial charge in [-0.3, -0.25) is 9.59 Å². The zero-order valence-electron chi connectivity index (χ0n) is 14.8. The predicted molar refractivity (Wildman–Crippen MR) is 103 cm³/mol. The van der Waals surface area contributed by atoms with Gasteiger partial charge in [-0.2, -0.15) is 0 Å². The van der Waals surface area contributed by atoms with Crippen LogP contribution in [0.25, 0.3) is 0 Å². The van der Waals surface area contributed by atoms with E-state index in [-0.39, 0.29) is 29.6 Å². The van der Waals surface area contributed by atoms with E-state index in [1.807, 2.05) is 0 Å². The molecular weight excluding hydrogens is 368 g/mol. The minimum absolute atomic E-state index is 0.115. The van der Waals surface area contributed by atoms with Crippen LogP contribution in [0.5, 0.6) is 0 Å². The quantitative estimate of drug-likeness (QED) is 0.787. The molecule has 27 heavy (non-hydrogen) atoms. The van der Waals surface area contributed by atoms with Crippen molar-refractivity contribution in [1.82, 2.24) is 20.3 Å². The summed E-state index contributed by atoms with van der Waals surface area (Å²) in [6.45, 7) is 1.91. The van der Waals surface area contributed by atoms with Crippen molar-refractivity contribution < 1.29 is 9.59 Å². The maximum absolute atomic E-state index is 12.4. The Balaban J connectivity index is 1.53. The van der Waals surface area contributed by atoms with Gasteiger partial charge in [-0.1, -0.05) is 17.7 Å². The molecule has 3 rings (SSSR count). The van der Waals surface area contributed by atoms with Crippen LogP contribution in [0.1, 0.15) is 36.2 Å². The van der Waals surface area contributed by atoms with Gasteiger partial charge in [-0.15, -0.1) is 0 Å². The lowest BCUT2D eigenvalue weighted by molar-refractivity contribution is -0.116. The maximum Gasteiger partial charge on any atom is 0.271 e. The molecule has 0 aromatic carbocycles. The number of piperidine rings is 1. The van der Waals surface area contributed by atoms with Crippen LogP contribution >= 0.6 is 11.6 Å². The Labute approximate surface area is 162 Å². The third-order valence-electron chi connectivity index (χ3n) is 4.16. The second kappa shape index (κ2) is 9.27. The minimum Gasteiger partial charge on any atom is -0.350 e. The Morgan fingerprint density at radius 1 is 1.15 bits per heavy atom. The first-order valence-corrected chi connectivity index (χ1v) is 9.28. The summed E-state index contributed by atoms with van der Waals surface area (Å²) in [6, 6.07) is 5.24. The highest BCUT2D eigenvalue weighted by Gasteiger charge is 2.19. The molecule has 0 radical (unpaired) electrons. The van der Waals surface area contributed by atoms with E-state index < -0.39 is 5.91 Å². The third-order valence-corrected chi connectivity index (χ3v) is 4.43. The molecule has 0 atom stereocenters. The van der Waals surface area contributed by atoms with Crippen molar-refractivity contribution in [2.75, 3.05) is 29.9 Å². The number of rotatable bonds is 6. The van der Waals surface area contributed by atoms with Crippen LogP contribution in [0.4, 0.5) is 11.8 Å². The van der Waals surface area contributed by atoms with Crippen molar-refractivity contribution in [3.05, 3.63) is 41.3 Å². The van der Waals surface area contributed by atoms with E-state index in [0.29, 0.717) is 11.8 Å². The number of nitrogens with zero attached hydrogens (tertiary/aromatic N) is 4. The number of halogens is 1. The van der Waals surface area contributed by atoms with Crippen molar-refractivity contribution in [3.8, 4) is 0 Å². The number of pyridine rings is 1. The van der Waals surface area contributed by atoms with Crippen molar-refractivity contribution in [2.24, 2.45) is 0 Å². The second-order valence-electron chi connectivity index (χ2n) is 6.18. The number of hydrogen-bond donors (Lipinski definition) is 2. The van der Waals surface area contributed by atoms with Crippen LogP contribution in [0.3, 0.4) is 0 Å². The Hall–Kier alpha value is -2.74. The Morgan fingerprint density at radius 2 is 1.96 bits per heavy atom. The minimum atomic E-state index is -0.425. The molecule has 2 aromatic rings. The fourth-order valence-corrected chi connectivity index (χ4v) is 2.96. The molecule has 2 N–H and O–H groups in total. The van der Waals surface area contributed by atoms with E-state index in [4.69, 9.17) is 11.6 Å². The van der Waals surface area contributed by atoms with E-state index >= 15 is 0 Å². The van der Waals surface area contributed by atoms with E-state index in [2.05, 4.69) is 30.5 Å². The number of hydrogen-bond acceptors (Lipinski definition) is 6. The normalized spacial score (nSPS) is 13.9. The average molecular weight is 389 g/mol. The fraction of sp³-hybridized carbons (Fsp3) is 0.389. The van der Waals surface area contributed by atoms with Crippen LogP contribution in [-0.2, 0) is 4.79 Å². The second-order valence-corrected chi connectivity index (χ2v) is 6.59. The summed E-state index contributed by atoms with van der Waals surface area (Å²) in [7, 11) is 0. The number of nitrogens with one attached hydrogen (secondary N) is 2. The maximum atomic E-state index is 12.4. The van der Waals surface area contributed by atoms with Gasteiger partial charge in [0.1, 0.15) is 5.82 Å². The van der Waals surface area contributed by atoms with Gasteiger partial charge >= 0.3 is 0 Å². The monoisotopic (exact) mass is 388 g/mol. The van der Waals surface area contributed by atoms with Gasteiger partial charge < -0.3 is 15.5 Å². The molecule has 8 nitrogen and oxygen atoms in total. The average Bonchev–Trinajstić information content (AvgIpc) is 2.69. The van der Waals surface area contributed by atoms with E-state index in [1.165, 1.54) is 12.6 Å². The summed E-state index contributed by atoms with van der Waals surface area (Å²) < 4.78 is 0. The lowest BCUT2D eigenvalue weighted by atomic mass is 10.1. The van der Waals surface area contributed by atoms with Crippen molar-refractivity contribution in [3.63, 3.8) is 0 Å². The molecule has 1 saturated heterocycles. The largest absolute Gasteiger partial charge is 0.350 e. The molecule has 142 valence electrons.